The maximum atomic E-state index is 10.8. The normalized spacial score (nSPS) is 25.8. The second kappa shape index (κ2) is 5.32. The molecular formula is C10H20N2O2. The highest BCUT2D eigenvalue weighted by Crippen LogP contribution is 2.06. The van der Waals surface area contributed by atoms with Gasteiger partial charge in [0.25, 0.3) is 0 Å². The van der Waals surface area contributed by atoms with E-state index in [4.69, 9.17) is 4.74 Å². The summed E-state index contributed by atoms with van der Waals surface area (Å²) in [5, 5.41) is 2.89. The second-order valence-corrected chi connectivity index (χ2v) is 4.02. The van der Waals surface area contributed by atoms with Crippen LogP contribution in [0.4, 0.5) is 0 Å². The zero-order valence-corrected chi connectivity index (χ0v) is 9.25. The van der Waals surface area contributed by atoms with Gasteiger partial charge in [0.1, 0.15) is 0 Å². The summed E-state index contributed by atoms with van der Waals surface area (Å²) in [6.45, 7) is 9.21. The Morgan fingerprint density at radius 2 is 2.43 bits per heavy atom. The van der Waals surface area contributed by atoms with Gasteiger partial charge in [-0.2, -0.15) is 0 Å². The third-order valence-corrected chi connectivity index (χ3v) is 2.46. The van der Waals surface area contributed by atoms with E-state index in [1.807, 2.05) is 6.92 Å². The van der Waals surface area contributed by atoms with Gasteiger partial charge >= 0.3 is 0 Å². The van der Waals surface area contributed by atoms with Gasteiger partial charge in [-0.15, -0.1) is 0 Å². The van der Waals surface area contributed by atoms with Crippen molar-refractivity contribution in [2.24, 2.45) is 0 Å². The summed E-state index contributed by atoms with van der Waals surface area (Å²) in [5.41, 5.74) is 0. The van der Waals surface area contributed by atoms with Gasteiger partial charge in [0, 0.05) is 32.1 Å². The first kappa shape index (κ1) is 11.5. The van der Waals surface area contributed by atoms with Crippen LogP contribution in [-0.4, -0.2) is 49.2 Å². The van der Waals surface area contributed by atoms with Gasteiger partial charge in [-0.05, 0) is 13.8 Å². The monoisotopic (exact) mass is 200 g/mol. The molecule has 0 saturated carbocycles. The lowest BCUT2D eigenvalue weighted by molar-refractivity contribution is -0.119. The van der Waals surface area contributed by atoms with E-state index >= 15 is 0 Å². The van der Waals surface area contributed by atoms with E-state index in [-0.39, 0.29) is 11.9 Å². The number of carbonyl (C=O) groups is 1. The number of morpholine rings is 1. The fourth-order valence-electron chi connectivity index (χ4n) is 1.78. The molecule has 0 bridgehead atoms. The van der Waals surface area contributed by atoms with Gasteiger partial charge in [0.2, 0.25) is 5.91 Å². The largest absolute Gasteiger partial charge is 0.379 e. The fraction of sp³-hybridized carbons (Fsp3) is 0.900. The van der Waals surface area contributed by atoms with Crippen molar-refractivity contribution in [3.8, 4) is 0 Å². The van der Waals surface area contributed by atoms with E-state index in [0.29, 0.717) is 6.04 Å². The summed E-state index contributed by atoms with van der Waals surface area (Å²) in [5.74, 6) is 0.0402. The summed E-state index contributed by atoms with van der Waals surface area (Å²) in [6.07, 6.45) is 0. The Morgan fingerprint density at radius 1 is 1.71 bits per heavy atom. The molecule has 1 aliphatic rings. The number of nitrogens with zero attached hydrogens (tertiary/aromatic N) is 1. The van der Waals surface area contributed by atoms with Crippen molar-refractivity contribution >= 4 is 5.91 Å². The number of rotatable bonds is 3. The molecule has 0 aromatic carbocycles. The summed E-state index contributed by atoms with van der Waals surface area (Å²) >= 11 is 0. The average Bonchev–Trinajstić information content (AvgIpc) is 2.07. The van der Waals surface area contributed by atoms with Crippen molar-refractivity contribution in [1.29, 1.82) is 0 Å². The highest BCUT2D eigenvalue weighted by Gasteiger charge is 2.20. The zero-order valence-electron chi connectivity index (χ0n) is 9.25. The predicted molar refractivity (Wildman–Crippen MR) is 55.1 cm³/mol. The topological polar surface area (TPSA) is 41.6 Å². The maximum absolute atomic E-state index is 10.8. The minimum Gasteiger partial charge on any atom is -0.379 e. The third-order valence-electron chi connectivity index (χ3n) is 2.46. The van der Waals surface area contributed by atoms with E-state index in [1.54, 1.807) is 6.92 Å². The molecule has 0 unspecified atom stereocenters. The first-order chi connectivity index (χ1) is 6.59. The minimum atomic E-state index is 0.0402. The van der Waals surface area contributed by atoms with Crippen molar-refractivity contribution in [3.05, 3.63) is 0 Å². The molecule has 4 heteroatoms. The van der Waals surface area contributed by atoms with Crippen LogP contribution in [0.5, 0.6) is 0 Å². The lowest BCUT2D eigenvalue weighted by atomic mass is 10.2. The van der Waals surface area contributed by atoms with Crippen LogP contribution in [0.1, 0.15) is 20.8 Å². The minimum absolute atomic E-state index is 0.0402. The molecule has 0 aromatic heterocycles. The van der Waals surface area contributed by atoms with E-state index in [1.165, 1.54) is 0 Å². The van der Waals surface area contributed by atoms with Crippen LogP contribution >= 0.6 is 0 Å². The van der Waals surface area contributed by atoms with Crippen molar-refractivity contribution in [1.82, 2.24) is 10.2 Å². The van der Waals surface area contributed by atoms with Crippen LogP contribution in [-0.2, 0) is 9.53 Å². The summed E-state index contributed by atoms with van der Waals surface area (Å²) in [6, 6.07) is 0.674. The fourth-order valence-corrected chi connectivity index (χ4v) is 1.78. The highest BCUT2D eigenvalue weighted by molar-refractivity contribution is 5.73. The van der Waals surface area contributed by atoms with Gasteiger partial charge in [0.15, 0.2) is 0 Å². The van der Waals surface area contributed by atoms with E-state index in [9.17, 15) is 4.79 Å². The number of hydrogen-bond acceptors (Lipinski definition) is 3. The average molecular weight is 200 g/mol. The molecule has 0 aromatic rings. The molecule has 1 fully saturated rings. The molecule has 0 radical (unpaired) electrons. The molecule has 2 atom stereocenters. The summed E-state index contributed by atoms with van der Waals surface area (Å²) in [7, 11) is 0. The Morgan fingerprint density at radius 3 is 3.00 bits per heavy atom. The quantitative estimate of drug-likeness (QED) is 0.709. The Kier molecular flexibility index (Phi) is 4.35. The van der Waals surface area contributed by atoms with Crippen LogP contribution in [0.2, 0.25) is 0 Å². The lowest BCUT2D eigenvalue weighted by Crippen LogP contribution is -2.49. The summed E-state index contributed by atoms with van der Waals surface area (Å²) in [4.78, 5) is 13.2. The van der Waals surface area contributed by atoms with E-state index in [2.05, 4.69) is 17.1 Å². The van der Waals surface area contributed by atoms with Crippen LogP contribution in [0.15, 0.2) is 0 Å². The predicted octanol–water partition coefficient (Wildman–Crippen LogP) is 0.232. The van der Waals surface area contributed by atoms with Gasteiger partial charge in [-0.1, -0.05) is 0 Å². The van der Waals surface area contributed by atoms with Crippen LogP contribution in [0.3, 0.4) is 0 Å². The zero-order chi connectivity index (χ0) is 10.6. The Labute approximate surface area is 85.6 Å². The van der Waals surface area contributed by atoms with Crippen molar-refractivity contribution in [2.75, 3.05) is 26.3 Å². The molecule has 82 valence electrons. The number of carbonyl (C=O) groups excluding carboxylic acids is 1. The highest BCUT2D eigenvalue weighted by atomic mass is 16.5. The molecule has 1 aliphatic heterocycles. The standard InChI is InChI=1S/C10H20N2O2/c1-8(11-10(3)13)6-12-4-5-14-7-9(12)2/h8-9H,4-7H2,1-3H3,(H,11,13)/t8-,9+/m1/s1. The van der Waals surface area contributed by atoms with Gasteiger partial charge in [-0.3, -0.25) is 9.69 Å². The number of amides is 1. The number of nitrogens with one attached hydrogen (secondary N) is 1. The Balaban J connectivity index is 2.30. The van der Waals surface area contributed by atoms with Crippen LogP contribution in [0, 0.1) is 0 Å². The van der Waals surface area contributed by atoms with Gasteiger partial charge in [-0.25, -0.2) is 0 Å². The van der Waals surface area contributed by atoms with Crippen LogP contribution in [0.25, 0.3) is 0 Å². The van der Waals surface area contributed by atoms with Crippen molar-refractivity contribution in [2.45, 2.75) is 32.9 Å². The molecule has 1 saturated heterocycles. The molecule has 4 nitrogen and oxygen atoms in total. The molecule has 1 heterocycles. The number of ether oxygens (including phenoxy) is 1. The molecule has 0 spiro atoms. The van der Waals surface area contributed by atoms with Gasteiger partial charge < -0.3 is 10.1 Å². The molecule has 0 aliphatic carbocycles. The Hall–Kier alpha value is -0.610. The maximum Gasteiger partial charge on any atom is 0.217 e. The van der Waals surface area contributed by atoms with E-state index < -0.39 is 0 Å². The van der Waals surface area contributed by atoms with Crippen LogP contribution < -0.4 is 5.32 Å². The van der Waals surface area contributed by atoms with Crippen molar-refractivity contribution < 1.29 is 9.53 Å². The summed E-state index contributed by atoms with van der Waals surface area (Å²) < 4.78 is 5.35. The molecule has 1 N–H and O–H groups in total. The molecule has 1 amide bonds. The number of hydrogen-bond donors (Lipinski definition) is 1. The SMILES string of the molecule is CC(=O)N[C@H](C)CN1CCOC[C@@H]1C. The van der Waals surface area contributed by atoms with Crippen molar-refractivity contribution in [3.63, 3.8) is 0 Å². The van der Waals surface area contributed by atoms with E-state index in [0.717, 1.165) is 26.3 Å². The third kappa shape index (κ3) is 3.64. The first-order valence-corrected chi connectivity index (χ1v) is 5.18. The smallest absolute Gasteiger partial charge is 0.217 e. The molecular weight excluding hydrogens is 180 g/mol. The first-order valence-electron chi connectivity index (χ1n) is 5.18. The van der Waals surface area contributed by atoms with Gasteiger partial charge in [0.05, 0.1) is 13.2 Å². The molecule has 14 heavy (non-hydrogen) atoms. The molecule has 1 rings (SSSR count). The second-order valence-electron chi connectivity index (χ2n) is 4.02. The Bertz CT molecular complexity index is 197. The lowest BCUT2D eigenvalue weighted by Gasteiger charge is -2.35.